The fourth-order valence-corrected chi connectivity index (χ4v) is 4.13. The molecule has 0 saturated carbocycles. The maximum absolute atomic E-state index is 12.7. The molecule has 2 heterocycles. The number of rotatable bonds is 2. The predicted molar refractivity (Wildman–Crippen MR) is 101 cm³/mol. The lowest BCUT2D eigenvalue weighted by Gasteiger charge is -2.18. The molecule has 0 aliphatic carbocycles. The first kappa shape index (κ1) is 16.7. The molecule has 4 rings (SSSR count). The van der Waals surface area contributed by atoms with Crippen molar-refractivity contribution in [3.8, 4) is 23.8 Å². The van der Waals surface area contributed by atoms with Gasteiger partial charge in [-0.3, -0.25) is 4.79 Å². The molecule has 0 N–H and O–H groups in total. The molecule has 2 aromatic carbocycles. The number of amides is 1. The lowest BCUT2D eigenvalue weighted by molar-refractivity contribution is 0.0996. The molecule has 0 fully saturated rings. The summed E-state index contributed by atoms with van der Waals surface area (Å²) in [6.07, 6.45) is 5.48. The number of halogens is 1. The number of nitrogens with zero attached hydrogens (tertiary/aromatic N) is 2. The van der Waals surface area contributed by atoms with E-state index in [4.69, 9.17) is 27.5 Å². The third-order valence-electron chi connectivity index (χ3n) is 3.89. The Hall–Kier alpha value is -2.75. The average Bonchev–Trinajstić information content (AvgIpc) is 3.00. The van der Waals surface area contributed by atoms with E-state index < -0.39 is 0 Å². The van der Waals surface area contributed by atoms with Crippen LogP contribution in [-0.2, 0) is 6.54 Å². The van der Waals surface area contributed by atoms with Gasteiger partial charge in [0.25, 0.3) is 5.91 Å². The summed E-state index contributed by atoms with van der Waals surface area (Å²) in [6.45, 7) is 1.23. The quantitative estimate of drug-likeness (QED) is 0.635. The van der Waals surface area contributed by atoms with Crippen LogP contribution >= 0.6 is 22.9 Å². The van der Waals surface area contributed by atoms with Gasteiger partial charge in [-0.25, -0.2) is 0 Å². The molecule has 0 atom stereocenters. The summed E-state index contributed by atoms with van der Waals surface area (Å²) in [6, 6.07) is 10.6. The predicted octanol–water partition coefficient (Wildman–Crippen LogP) is 3.50. The van der Waals surface area contributed by atoms with E-state index in [0.29, 0.717) is 40.1 Å². The molecule has 26 heavy (non-hydrogen) atoms. The van der Waals surface area contributed by atoms with E-state index in [1.54, 1.807) is 28.8 Å². The Morgan fingerprint density at radius 3 is 2.88 bits per heavy atom. The fraction of sp³-hybridized carbons (Fsp3) is 0.158. The zero-order valence-corrected chi connectivity index (χ0v) is 15.1. The monoisotopic (exact) mass is 384 g/mol. The molecule has 0 bridgehead atoms. The van der Waals surface area contributed by atoms with Gasteiger partial charge in [-0.2, -0.15) is 4.99 Å². The second-order valence-corrected chi connectivity index (χ2v) is 6.95. The minimum absolute atomic E-state index is 0.275. The number of fused-ring (bicyclic) bond motifs is 2. The van der Waals surface area contributed by atoms with Crippen LogP contribution in [0.1, 0.15) is 10.4 Å². The second-order valence-electron chi connectivity index (χ2n) is 5.54. The number of carbonyl (C=O) groups is 1. The molecule has 7 heteroatoms. The lowest BCUT2D eigenvalue weighted by atomic mass is 10.2. The van der Waals surface area contributed by atoms with Gasteiger partial charge < -0.3 is 14.0 Å². The van der Waals surface area contributed by atoms with Gasteiger partial charge in [0, 0.05) is 5.56 Å². The van der Waals surface area contributed by atoms with Crippen molar-refractivity contribution in [3.63, 3.8) is 0 Å². The number of aromatic nitrogens is 1. The number of hydrogen-bond donors (Lipinski definition) is 0. The normalized spacial score (nSPS) is 13.6. The second kappa shape index (κ2) is 6.87. The Balaban J connectivity index is 1.81. The highest BCUT2D eigenvalue weighted by Crippen LogP contribution is 2.31. The number of ether oxygens (including phenoxy) is 2. The largest absolute Gasteiger partial charge is 0.486 e. The Morgan fingerprint density at radius 1 is 1.27 bits per heavy atom. The van der Waals surface area contributed by atoms with Crippen molar-refractivity contribution < 1.29 is 14.3 Å². The summed E-state index contributed by atoms with van der Waals surface area (Å²) >= 11 is 7.67. The van der Waals surface area contributed by atoms with E-state index in [2.05, 4.69) is 10.9 Å². The third kappa shape index (κ3) is 2.96. The first-order valence-electron chi connectivity index (χ1n) is 7.87. The molecule has 1 amide bonds. The summed E-state index contributed by atoms with van der Waals surface area (Å²) < 4.78 is 13.7. The molecule has 0 saturated heterocycles. The van der Waals surface area contributed by atoms with Crippen LogP contribution in [0.4, 0.5) is 0 Å². The van der Waals surface area contributed by atoms with Gasteiger partial charge in [0.05, 0.1) is 21.8 Å². The minimum Gasteiger partial charge on any atom is -0.486 e. The molecular weight excluding hydrogens is 372 g/mol. The van der Waals surface area contributed by atoms with Gasteiger partial charge in [-0.15, -0.1) is 6.42 Å². The first-order valence-corrected chi connectivity index (χ1v) is 9.07. The van der Waals surface area contributed by atoms with Gasteiger partial charge in [0.15, 0.2) is 16.3 Å². The van der Waals surface area contributed by atoms with Crippen molar-refractivity contribution in [2.75, 3.05) is 13.2 Å². The SMILES string of the molecule is C#CCn1c(=NC(=O)c2ccc3c(c2)OCCO3)sc2cccc(Cl)c21. The lowest BCUT2D eigenvalue weighted by Crippen LogP contribution is -2.17. The summed E-state index contributed by atoms with van der Waals surface area (Å²) in [5.41, 5.74) is 1.20. The molecule has 0 unspecified atom stereocenters. The first-order chi connectivity index (χ1) is 12.7. The molecule has 1 aromatic heterocycles. The van der Waals surface area contributed by atoms with Crippen molar-refractivity contribution in [1.82, 2.24) is 4.57 Å². The van der Waals surface area contributed by atoms with Gasteiger partial charge in [-0.05, 0) is 30.3 Å². The Morgan fingerprint density at radius 2 is 2.08 bits per heavy atom. The van der Waals surface area contributed by atoms with Crippen LogP contribution in [0.3, 0.4) is 0 Å². The molecule has 0 radical (unpaired) electrons. The van der Waals surface area contributed by atoms with E-state index in [1.807, 2.05) is 12.1 Å². The van der Waals surface area contributed by atoms with Crippen molar-refractivity contribution in [2.45, 2.75) is 6.54 Å². The maximum Gasteiger partial charge on any atom is 0.279 e. The van der Waals surface area contributed by atoms with Crippen LogP contribution in [0.5, 0.6) is 11.5 Å². The topological polar surface area (TPSA) is 52.8 Å². The van der Waals surface area contributed by atoms with Crippen LogP contribution < -0.4 is 14.3 Å². The average molecular weight is 385 g/mol. The standard InChI is InChI=1S/C19H13ClN2O3S/c1-2-8-22-17-13(20)4-3-5-16(17)26-19(22)21-18(23)12-6-7-14-15(11-12)25-10-9-24-14/h1,3-7,11H,8-10H2. The van der Waals surface area contributed by atoms with E-state index in [1.165, 1.54) is 11.3 Å². The highest BCUT2D eigenvalue weighted by molar-refractivity contribution is 7.16. The number of carbonyl (C=O) groups excluding carboxylic acids is 1. The summed E-state index contributed by atoms with van der Waals surface area (Å²) in [5.74, 6) is 3.39. The molecule has 3 aromatic rings. The minimum atomic E-state index is -0.379. The Bertz CT molecular complexity index is 1120. The van der Waals surface area contributed by atoms with Gasteiger partial charge in [0.2, 0.25) is 0 Å². The molecular formula is C19H13ClN2O3S. The third-order valence-corrected chi connectivity index (χ3v) is 5.24. The van der Waals surface area contributed by atoms with Crippen LogP contribution in [0, 0.1) is 12.3 Å². The van der Waals surface area contributed by atoms with E-state index >= 15 is 0 Å². The number of para-hydroxylation sites is 1. The molecule has 5 nitrogen and oxygen atoms in total. The van der Waals surface area contributed by atoms with Gasteiger partial charge >= 0.3 is 0 Å². The van der Waals surface area contributed by atoms with E-state index in [0.717, 1.165) is 10.2 Å². The van der Waals surface area contributed by atoms with E-state index in [9.17, 15) is 4.79 Å². The maximum atomic E-state index is 12.7. The highest BCUT2D eigenvalue weighted by Gasteiger charge is 2.16. The summed E-state index contributed by atoms with van der Waals surface area (Å²) in [7, 11) is 0. The van der Waals surface area contributed by atoms with Crippen LogP contribution in [0.25, 0.3) is 10.2 Å². The molecule has 0 spiro atoms. The Labute approximate surface area is 158 Å². The van der Waals surface area contributed by atoms with Crippen LogP contribution in [0.15, 0.2) is 41.4 Å². The van der Waals surface area contributed by atoms with Crippen LogP contribution in [-0.4, -0.2) is 23.7 Å². The molecule has 1 aliphatic rings. The zero-order valence-electron chi connectivity index (χ0n) is 13.6. The summed E-state index contributed by atoms with van der Waals surface area (Å²) in [5, 5.41) is 0.572. The number of terminal acetylenes is 1. The van der Waals surface area contributed by atoms with Gasteiger partial charge in [0.1, 0.15) is 13.2 Å². The fourth-order valence-electron chi connectivity index (χ4n) is 2.74. The zero-order chi connectivity index (χ0) is 18.1. The van der Waals surface area contributed by atoms with E-state index in [-0.39, 0.29) is 12.5 Å². The molecule has 1 aliphatic heterocycles. The van der Waals surface area contributed by atoms with Crippen molar-refractivity contribution in [2.24, 2.45) is 4.99 Å². The smallest absolute Gasteiger partial charge is 0.279 e. The number of hydrogen-bond acceptors (Lipinski definition) is 4. The Kier molecular flexibility index (Phi) is 4.41. The number of thiazole rings is 1. The number of benzene rings is 2. The highest BCUT2D eigenvalue weighted by atomic mass is 35.5. The van der Waals surface area contributed by atoms with Crippen LogP contribution in [0.2, 0.25) is 5.02 Å². The molecule has 130 valence electrons. The van der Waals surface area contributed by atoms with Gasteiger partial charge in [-0.1, -0.05) is 34.9 Å². The summed E-state index contributed by atoms with van der Waals surface area (Å²) in [4.78, 5) is 17.4. The van der Waals surface area contributed by atoms with Crippen molar-refractivity contribution in [1.29, 1.82) is 0 Å². The van der Waals surface area contributed by atoms with Crippen molar-refractivity contribution in [3.05, 3.63) is 51.8 Å². The van der Waals surface area contributed by atoms with Crippen molar-refractivity contribution >= 4 is 39.1 Å².